The van der Waals surface area contributed by atoms with Crippen LogP contribution in [0.2, 0.25) is 0 Å². The van der Waals surface area contributed by atoms with E-state index in [9.17, 15) is 4.79 Å². The molecule has 1 rings (SSSR count). The van der Waals surface area contributed by atoms with Crippen molar-refractivity contribution in [2.75, 3.05) is 18.1 Å². The summed E-state index contributed by atoms with van der Waals surface area (Å²) in [7, 11) is 1.55. The number of carbonyl (C=O) groups is 1. The van der Waals surface area contributed by atoms with E-state index in [1.165, 1.54) is 0 Å². The minimum absolute atomic E-state index is 0.262. The maximum absolute atomic E-state index is 10.9. The van der Waals surface area contributed by atoms with Crippen molar-refractivity contribution >= 4 is 33.3 Å². The third kappa shape index (κ3) is 2.62. The molecule has 0 aliphatic rings. The summed E-state index contributed by atoms with van der Waals surface area (Å²) in [5, 5.41) is 5.05. The third-order valence-electron chi connectivity index (χ3n) is 1.48. The number of halogens is 1. The first-order valence-corrected chi connectivity index (χ1v) is 4.46. The van der Waals surface area contributed by atoms with Crippen LogP contribution in [0.15, 0.2) is 22.7 Å². The number of nitrogens with one attached hydrogen (secondary N) is 2. The maximum Gasteiger partial charge on any atom is 0.318 e. The Morgan fingerprint density at radius 1 is 1.54 bits per heavy atom. The van der Waals surface area contributed by atoms with Crippen LogP contribution in [0.25, 0.3) is 0 Å². The molecule has 70 valence electrons. The van der Waals surface area contributed by atoms with Crippen LogP contribution in [-0.2, 0) is 0 Å². The molecule has 0 heterocycles. The molecule has 0 bridgehead atoms. The highest BCUT2D eigenvalue weighted by Gasteiger charge is 2.00. The first kappa shape index (κ1) is 9.85. The van der Waals surface area contributed by atoms with Gasteiger partial charge in [-0.1, -0.05) is 0 Å². The topological polar surface area (TPSA) is 67.2 Å². The summed E-state index contributed by atoms with van der Waals surface area (Å²) in [5.74, 6) is 0. The van der Waals surface area contributed by atoms with Crippen molar-refractivity contribution in [1.29, 1.82) is 0 Å². The Bertz CT molecular complexity index is 327. The number of amides is 2. The van der Waals surface area contributed by atoms with Crippen LogP contribution in [0.5, 0.6) is 0 Å². The van der Waals surface area contributed by atoms with Crippen LogP contribution in [0, 0.1) is 0 Å². The van der Waals surface area contributed by atoms with Crippen molar-refractivity contribution in [2.45, 2.75) is 0 Å². The lowest BCUT2D eigenvalue weighted by Crippen LogP contribution is -2.24. The fraction of sp³-hybridized carbons (Fsp3) is 0.125. The second-order valence-corrected chi connectivity index (χ2v) is 3.29. The molecule has 1 aromatic rings. The molecule has 0 radical (unpaired) electrons. The molecule has 0 spiro atoms. The van der Waals surface area contributed by atoms with Gasteiger partial charge in [0.2, 0.25) is 0 Å². The number of hydrogen-bond acceptors (Lipinski definition) is 2. The Labute approximate surface area is 84.6 Å². The molecule has 0 saturated heterocycles. The number of nitrogen functional groups attached to an aromatic ring is 1. The first-order chi connectivity index (χ1) is 6.13. The predicted octanol–water partition coefficient (Wildman–Crippen LogP) is 1.78. The quantitative estimate of drug-likeness (QED) is 0.659. The minimum atomic E-state index is -0.262. The average Bonchev–Trinajstić information content (AvgIpc) is 2.11. The molecule has 0 atom stereocenters. The number of hydrogen-bond donors (Lipinski definition) is 3. The van der Waals surface area contributed by atoms with E-state index >= 15 is 0 Å². The van der Waals surface area contributed by atoms with Gasteiger partial charge in [-0.2, -0.15) is 0 Å². The molecule has 5 heteroatoms. The first-order valence-electron chi connectivity index (χ1n) is 3.67. The van der Waals surface area contributed by atoms with Crippen molar-refractivity contribution in [2.24, 2.45) is 0 Å². The molecule has 2 amide bonds. The van der Waals surface area contributed by atoms with Gasteiger partial charge >= 0.3 is 6.03 Å². The molecule has 4 N–H and O–H groups in total. The van der Waals surface area contributed by atoms with Crippen LogP contribution in [-0.4, -0.2) is 13.1 Å². The van der Waals surface area contributed by atoms with Gasteiger partial charge in [-0.05, 0) is 34.1 Å². The molecule has 0 unspecified atom stereocenters. The molecule has 0 fully saturated rings. The van der Waals surface area contributed by atoms with Gasteiger partial charge in [0.05, 0.1) is 0 Å². The SMILES string of the molecule is CNC(=O)Nc1ccc(Br)c(N)c1. The number of anilines is 2. The van der Waals surface area contributed by atoms with E-state index in [0.29, 0.717) is 11.4 Å². The molecule has 0 aromatic heterocycles. The van der Waals surface area contributed by atoms with E-state index < -0.39 is 0 Å². The monoisotopic (exact) mass is 243 g/mol. The van der Waals surface area contributed by atoms with Gasteiger partial charge < -0.3 is 16.4 Å². The summed E-state index contributed by atoms with van der Waals surface area (Å²) >= 11 is 3.26. The lowest BCUT2D eigenvalue weighted by Gasteiger charge is -2.05. The molecular weight excluding hydrogens is 234 g/mol. The smallest absolute Gasteiger partial charge is 0.318 e. The van der Waals surface area contributed by atoms with E-state index in [1.807, 2.05) is 0 Å². The minimum Gasteiger partial charge on any atom is -0.398 e. The zero-order valence-corrected chi connectivity index (χ0v) is 8.68. The predicted molar refractivity (Wildman–Crippen MR) is 56.6 cm³/mol. The molecular formula is C8H10BrN3O. The van der Waals surface area contributed by atoms with E-state index in [4.69, 9.17) is 5.73 Å². The number of nitrogens with two attached hydrogens (primary N) is 1. The molecule has 13 heavy (non-hydrogen) atoms. The maximum atomic E-state index is 10.9. The summed E-state index contributed by atoms with van der Waals surface area (Å²) in [4.78, 5) is 10.9. The Morgan fingerprint density at radius 2 is 2.23 bits per heavy atom. The average molecular weight is 244 g/mol. The fourth-order valence-electron chi connectivity index (χ4n) is 0.815. The van der Waals surface area contributed by atoms with Crippen molar-refractivity contribution in [3.8, 4) is 0 Å². The van der Waals surface area contributed by atoms with E-state index in [1.54, 1.807) is 25.2 Å². The number of urea groups is 1. The molecule has 4 nitrogen and oxygen atoms in total. The van der Waals surface area contributed by atoms with Gasteiger partial charge in [-0.25, -0.2) is 4.79 Å². The Morgan fingerprint density at radius 3 is 2.77 bits per heavy atom. The number of carbonyl (C=O) groups excluding carboxylic acids is 1. The molecule has 0 saturated carbocycles. The lowest BCUT2D eigenvalue weighted by atomic mass is 10.3. The van der Waals surface area contributed by atoms with Crippen LogP contribution in [0.4, 0.5) is 16.2 Å². The highest BCUT2D eigenvalue weighted by atomic mass is 79.9. The molecule has 0 aliphatic heterocycles. The third-order valence-corrected chi connectivity index (χ3v) is 2.20. The fourth-order valence-corrected chi connectivity index (χ4v) is 1.06. The van der Waals surface area contributed by atoms with Crippen LogP contribution >= 0.6 is 15.9 Å². The lowest BCUT2D eigenvalue weighted by molar-refractivity contribution is 0.254. The van der Waals surface area contributed by atoms with E-state index in [2.05, 4.69) is 26.6 Å². The zero-order chi connectivity index (χ0) is 9.84. The largest absolute Gasteiger partial charge is 0.398 e. The second kappa shape index (κ2) is 4.13. The summed E-state index contributed by atoms with van der Waals surface area (Å²) in [6, 6.07) is 4.96. The molecule has 1 aromatic carbocycles. The zero-order valence-electron chi connectivity index (χ0n) is 7.10. The van der Waals surface area contributed by atoms with E-state index in [0.717, 1.165) is 4.47 Å². The number of benzene rings is 1. The van der Waals surface area contributed by atoms with Crippen LogP contribution < -0.4 is 16.4 Å². The van der Waals surface area contributed by atoms with Gasteiger partial charge in [-0.3, -0.25) is 0 Å². The highest BCUT2D eigenvalue weighted by molar-refractivity contribution is 9.10. The standard InChI is InChI=1S/C8H10BrN3O/c1-11-8(13)12-5-2-3-6(9)7(10)4-5/h2-4H,10H2,1H3,(H2,11,12,13). The summed E-state index contributed by atoms with van der Waals surface area (Å²) in [6.07, 6.45) is 0. The summed E-state index contributed by atoms with van der Waals surface area (Å²) in [5.41, 5.74) is 6.88. The van der Waals surface area contributed by atoms with Crippen molar-refractivity contribution < 1.29 is 4.79 Å². The van der Waals surface area contributed by atoms with Gasteiger partial charge in [-0.15, -0.1) is 0 Å². The Balaban J connectivity index is 2.79. The van der Waals surface area contributed by atoms with Gasteiger partial charge in [0, 0.05) is 22.9 Å². The highest BCUT2D eigenvalue weighted by Crippen LogP contribution is 2.22. The Hall–Kier alpha value is -1.23. The van der Waals surface area contributed by atoms with Crippen molar-refractivity contribution in [3.63, 3.8) is 0 Å². The van der Waals surface area contributed by atoms with Crippen molar-refractivity contribution in [1.82, 2.24) is 5.32 Å². The van der Waals surface area contributed by atoms with E-state index in [-0.39, 0.29) is 6.03 Å². The van der Waals surface area contributed by atoms with Crippen LogP contribution in [0.1, 0.15) is 0 Å². The number of rotatable bonds is 1. The van der Waals surface area contributed by atoms with Crippen molar-refractivity contribution in [3.05, 3.63) is 22.7 Å². The summed E-state index contributed by atoms with van der Waals surface area (Å²) < 4.78 is 0.815. The normalized spacial score (nSPS) is 9.38. The van der Waals surface area contributed by atoms with Gasteiger partial charge in [0.15, 0.2) is 0 Å². The summed E-state index contributed by atoms with van der Waals surface area (Å²) in [6.45, 7) is 0. The second-order valence-electron chi connectivity index (χ2n) is 2.44. The van der Waals surface area contributed by atoms with Gasteiger partial charge in [0.1, 0.15) is 0 Å². The van der Waals surface area contributed by atoms with Gasteiger partial charge in [0.25, 0.3) is 0 Å². The molecule has 0 aliphatic carbocycles. The Kier molecular flexibility index (Phi) is 3.13. The van der Waals surface area contributed by atoms with Crippen LogP contribution in [0.3, 0.4) is 0 Å².